The zero-order chi connectivity index (χ0) is 29.7. The van der Waals surface area contributed by atoms with Gasteiger partial charge in [0.15, 0.2) is 0 Å². The lowest BCUT2D eigenvalue weighted by atomic mass is 9.72. The molecule has 5 aromatic rings. The van der Waals surface area contributed by atoms with Gasteiger partial charge in [-0.15, -0.1) is 0 Å². The van der Waals surface area contributed by atoms with Crippen LogP contribution in [-0.4, -0.2) is 0 Å². The first-order valence-corrected chi connectivity index (χ1v) is 16.3. The van der Waals surface area contributed by atoms with Crippen molar-refractivity contribution in [1.29, 1.82) is 0 Å². The van der Waals surface area contributed by atoms with E-state index < -0.39 is 0 Å². The Bertz CT molecular complexity index is 2190. The molecule has 0 aliphatic heterocycles. The second-order valence-electron chi connectivity index (χ2n) is 12.8. The standard InChI is InChI=1S/C45H34/c1-2-10-31(11-3-1)38-12-4-5-13-39(38)32-20-24-34(25-21-32)45-42-16-8-6-14-40(42)44(41-15-7-9-17-43(41)45)33-22-18-30(19-23-33)35-26-27-36-29-37(36)28-35/h1-14,16-28,36-37,41H,15,29H2. The van der Waals surface area contributed by atoms with Gasteiger partial charge in [0.1, 0.15) is 0 Å². The predicted octanol–water partition coefficient (Wildman–Crippen LogP) is 9.52. The number of rotatable bonds is 5. The van der Waals surface area contributed by atoms with Crippen LogP contribution < -0.4 is 10.4 Å². The van der Waals surface area contributed by atoms with Gasteiger partial charge in [-0.05, 0) is 96.4 Å². The number of hydrogen-bond donors (Lipinski definition) is 0. The average Bonchev–Trinajstić information content (AvgIpc) is 3.90. The topological polar surface area (TPSA) is 0 Å². The van der Waals surface area contributed by atoms with Crippen molar-refractivity contribution in [2.75, 3.05) is 0 Å². The van der Waals surface area contributed by atoms with Crippen molar-refractivity contribution < 1.29 is 0 Å². The van der Waals surface area contributed by atoms with E-state index in [0.717, 1.165) is 18.3 Å². The van der Waals surface area contributed by atoms with E-state index in [1.165, 1.54) is 78.1 Å². The summed E-state index contributed by atoms with van der Waals surface area (Å²) in [6.07, 6.45) is 16.5. The third kappa shape index (κ3) is 4.61. The fourth-order valence-electron chi connectivity index (χ4n) is 7.74. The van der Waals surface area contributed by atoms with Crippen molar-refractivity contribution >= 4 is 16.7 Å². The van der Waals surface area contributed by atoms with Gasteiger partial charge in [-0.25, -0.2) is 0 Å². The summed E-state index contributed by atoms with van der Waals surface area (Å²) in [7, 11) is 0. The van der Waals surface area contributed by atoms with Crippen LogP contribution in [0.5, 0.6) is 0 Å². The quantitative estimate of drug-likeness (QED) is 0.196. The molecule has 3 unspecified atom stereocenters. The molecular weight excluding hydrogens is 540 g/mol. The van der Waals surface area contributed by atoms with E-state index >= 15 is 0 Å². The van der Waals surface area contributed by atoms with Gasteiger partial charge in [0.05, 0.1) is 0 Å². The molecule has 0 bridgehead atoms. The monoisotopic (exact) mass is 574 g/mol. The first kappa shape index (κ1) is 26.2. The van der Waals surface area contributed by atoms with Crippen molar-refractivity contribution in [1.82, 2.24) is 0 Å². The second kappa shape index (κ2) is 10.8. The molecule has 0 spiro atoms. The maximum atomic E-state index is 2.47. The van der Waals surface area contributed by atoms with E-state index in [9.17, 15) is 0 Å². The first-order chi connectivity index (χ1) is 22.3. The summed E-state index contributed by atoms with van der Waals surface area (Å²) in [5, 5.41) is 2.68. The largest absolute Gasteiger partial charge is 0.0836 e. The van der Waals surface area contributed by atoms with Crippen molar-refractivity contribution in [3.8, 4) is 22.3 Å². The van der Waals surface area contributed by atoms with E-state index in [2.05, 4.69) is 164 Å². The van der Waals surface area contributed by atoms with Crippen LogP contribution in [0.25, 0.3) is 39.0 Å². The van der Waals surface area contributed by atoms with E-state index in [-0.39, 0.29) is 0 Å². The maximum Gasteiger partial charge on any atom is 0.0142 e. The molecule has 5 aromatic carbocycles. The molecule has 0 heteroatoms. The summed E-state index contributed by atoms with van der Waals surface area (Å²) >= 11 is 0. The lowest BCUT2D eigenvalue weighted by Gasteiger charge is -2.31. The van der Waals surface area contributed by atoms with Gasteiger partial charge in [0.2, 0.25) is 0 Å². The Hall–Kier alpha value is -5.20. The molecule has 0 saturated heterocycles. The molecule has 1 fully saturated rings. The minimum absolute atomic E-state index is 0.324. The third-order valence-corrected chi connectivity index (χ3v) is 10.1. The van der Waals surface area contributed by atoms with Gasteiger partial charge < -0.3 is 0 Å². The second-order valence-corrected chi connectivity index (χ2v) is 12.8. The molecule has 0 heterocycles. The number of fused-ring (bicyclic) bond motifs is 3. The Morgan fingerprint density at radius 2 is 1.13 bits per heavy atom. The van der Waals surface area contributed by atoms with E-state index in [1.807, 2.05) is 0 Å². The van der Waals surface area contributed by atoms with Gasteiger partial charge in [0, 0.05) is 5.92 Å². The summed E-state index contributed by atoms with van der Waals surface area (Å²) in [5.74, 6) is 1.87. The van der Waals surface area contributed by atoms with Crippen LogP contribution in [0.4, 0.5) is 0 Å². The highest BCUT2D eigenvalue weighted by atomic mass is 14.4. The molecule has 0 nitrogen and oxygen atoms in total. The minimum atomic E-state index is 0.324. The highest BCUT2D eigenvalue weighted by Crippen LogP contribution is 2.46. The summed E-state index contributed by atoms with van der Waals surface area (Å²) in [5.41, 5.74) is 14.5. The Morgan fingerprint density at radius 1 is 0.511 bits per heavy atom. The highest BCUT2D eigenvalue weighted by molar-refractivity contribution is 5.90. The number of benzene rings is 5. The van der Waals surface area contributed by atoms with Crippen LogP contribution in [-0.2, 0) is 0 Å². The molecular formula is C45H34. The fraction of sp³-hybridized carbons (Fsp3) is 0.111. The zero-order valence-corrected chi connectivity index (χ0v) is 25.2. The van der Waals surface area contributed by atoms with Gasteiger partial charge in [-0.3, -0.25) is 0 Å². The van der Waals surface area contributed by atoms with E-state index in [0.29, 0.717) is 5.92 Å². The summed E-state index contributed by atoms with van der Waals surface area (Å²) in [6, 6.07) is 47.1. The molecule has 0 N–H and O–H groups in total. The first-order valence-electron chi connectivity index (χ1n) is 16.3. The minimum Gasteiger partial charge on any atom is -0.0836 e. The summed E-state index contributed by atoms with van der Waals surface area (Å²) < 4.78 is 0. The van der Waals surface area contributed by atoms with E-state index in [4.69, 9.17) is 0 Å². The maximum absolute atomic E-state index is 2.47. The molecule has 214 valence electrons. The van der Waals surface area contributed by atoms with Gasteiger partial charge in [-0.1, -0.05) is 164 Å². The van der Waals surface area contributed by atoms with Crippen LogP contribution in [0.2, 0.25) is 0 Å². The molecule has 3 atom stereocenters. The molecule has 0 aromatic heterocycles. The van der Waals surface area contributed by atoms with Crippen LogP contribution in [0.3, 0.4) is 0 Å². The lowest BCUT2D eigenvalue weighted by Crippen LogP contribution is -2.37. The van der Waals surface area contributed by atoms with Crippen molar-refractivity contribution in [2.24, 2.45) is 17.8 Å². The fourth-order valence-corrected chi connectivity index (χ4v) is 7.74. The molecule has 45 heavy (non-hydrogen) atoms. The van der Waals surface area contributed by atoms with Crippen molar-refractivity contribution in [2.45, 2.75) is 12.8 Å². The molecule has 1 saturated carbocycles. The van der Waals surface area contributed by atoms with Crippen LogP contribution >= 0.6 is 0 Å². The predicted molar refractivity (Wildman–Crippen MR) is 189 cm³/mol. The van der Waals surface area contributed by atoms with E-state index in [1.54, 1.807) is 0 Å². The van der Waals surface area contributed by atoms with Gasteiger partial charge in [-0.2, -0.15) is 0 Å². The Kier molecular flexibility index (Phi) is 6.27. The molecule has 9 rings (SSSR count). The van der Waals surface area contributed by atoms with Crippen LogP contribution in [0.15, 0.2) is 169 Å². The highest BCUT2D eigenvalue weighted by Gasteiger charge is 2.35. The smallest absolute Gasteiger partial charge is 0.0142 e. The average molecular weight is 575 g/mol. The van der Waals surface area contributed by atoms with Gasteiger partial charge >= 0.3 is 0 Å². The molecule has 4 aliphatic rings. The summed E-state index contributed by atoms with van der Waals surface area (Å²) in [4.78, 5) is 0. The van der Waals surface area contributed by atoms with Crippen LogP contribution in [0.1, 0.15) is 29.5 Å². The lowest BCUT2D eigenvalue weighted by molar-refractivity contribution is 0.797. The molecule has 0 amide bonds. The normalized spacial score (nSPS) is 20.9. The zero-order valence-electron chi connectivity index (χ0n) is 25.2. The van der Waals surface area contributed by atoms with Crippen molar-refractivity contribution in [3.63, 3.8) is 0 Å². The molecule has 4 aliphatic carbocycles. The SMILES string of the molecule is C1=CCC2C(=C1)C(c1ccc(-c3ccccc3-c3ccccc3)cc1)=c1ccccc1=C2c1ccc(C2=CC3CC3C=C2)cc1. The Morgan fingerprint density at radius 3 is 1.89 bits per heavy atom. The number of allylic oxidation sites excluding steroid dienone is 8. The summed E-state index contributed by atoms with van der Waals surface area (Å²) in [6.45, 7) is 0. The number of hydrogen-bond acceptors (Lipinski definition) is 0. The Balaban J connectivity index is 1.16. The molecule has 0 radical (unpaired) electrons. The van der Waals surface area contributed by atoms with Crippen LogP contribution in [0, 0.1) is 17.8 Å². The van der Waals surface area contributed by atoms with Crippen molar-refractivity contribution in [3.05, 3.63) is 197 Å². The Labute approximate surface area is 265 Å². The third-order valence-electron chi connectivity index (χ3n) is 10.1. The van der Waals surface area contributed by atoms with Gasteiger partial charge in [0.25, 0.3) is 0 Å².